The van der Waals surface area contributed by atoms with Gasteiger partial charge in [0.2, 0.25) is 17.8 Å². The molecule has 1 fully saturated rings. The number of benzene rings is 2. The SMILES string of the molecule is COc1cc2c(cc1OC)CN(c1nc(NCCN3CCN(C)CC3)nc(NCc3ccc(C(=O)O)cc3)n1)CC2. The highest BCUT2D eigenvalue weighted by atomic mass is 16.5. The fourth-order valence-corrected chi connectivity index (χ4v) is 5.06. The molecule has 12 heteroatoms. The van der Waals surface area contributed by atoms with Crippen LogP contribution in [0.2, 0.25) is 0 Å². The number of aromatic nitrogens is 3. The second-order valence-corrected chi connectivity index (χ2v) is 10.4. The molecule has 2 aromatic carbocycles. The molecule has 2 aliphatic heterocycles. The molecule has 2 aliphatic rings. The van der Waals surface area contributed by atoms with Crippen LogP contribution in [-0.2, 0) is 19.5 Å². The molecule has 0 radical (unpaired) electrons. The molecule has 3 N–H and O–H groups in total. The summed E-state index contributed by atoms with van der Waals surface area (Å²) in [7, 11) is 5.45. The van der Waals surface area contributed by atoms with Crippen LogP contribution >= 0.6 is 0 Å². The molecular weight excluding hydrogens is 524 g/mol. The highest BCUT2D eigenvalue weighted by molar-refractivity contribution is 5.87. The fraction of sp³-hybridized carbons (Fsp3) is 0.448. The van der Waals surface area contributed by atoms with E-state index in [1.807, 2.05) is 12.1 Å². The Kier molecular flexibility index (Phi) is 9.00. The second-order valence-electron chi connectivity index (χ2n) is 10.4. The van der Waals surface area contributed by atoms with Gasteiger partial charge in [-0.15, -0.1) is 0 Å². The molecule has 5 rings (SSSR count). The Hall–Kier alpha value is -4.16. The van der Waals surface area contributed by atoms with Crippen LogP contribution < -0.4 is 25.0 Å². The molecule has 0 bridgehead atoms. The van der Waals surface area contributed by atoms with Gasteiger partial charge in [0.15, 0.2) is 11.5 Å². The number of nitrogens with zero attached hydrogens (tertiary/aromatic N) is 6. The maximum atomic E-state index is 11.2. The maximum Gasteiger partial charge on any atom is 0.335 e. The van der Waals surface area contributed by atoms with Gasteiger partial charge in [-0.3, -0.25) is 4.90 Å². The van der Waals surface area contributed by atoms with Gasteiger partial charge >= 0.3 is 5.97 Å². The molecule has 12 nitrogen and oxygen atoms in total. The molecule has 3 heterocycles. The molecule has 0 atom stereocenters. The zero-order valence-corrected chi connectivity index (χ0v) is 23.9. The largest absolute Gasteiger partial charge is 0.493 e. The van der Waals surface area contributed by atoms with Crippen LogP contribution in [0.1, 0.15) is 27.0 Å². The average Bonchev–Trinajstić information content (AvgIpc) is 3.00. The topological polar surface area (TPSA) is 128 Å². The van der Waals surface area contributed by atoms with Gasteiger partial charge in [-0.05, 0) is 54.4 Å². The number of carboxylic acids is 1. The van der Waals surface area contributed by atoms with Crippen molar-refractivity contribution in [3.63, 3.8) is 0 Å². The minimum Gasteiger partial charge on any atom is -0.493 e. The Bertz CT molecular complexity index is 1350. The fourth-order valence-electron chi connectivity index (χ4n) is 5.06. The number of piperazine rings is 1. The first kappa shape index (κ1) is 28.4. The molecule has 1 saturated heterocycles. The number of fused-ring (bicyclic) bond motifs is 1. The lowest BCUT2D eigenvalue weighted by molar-refractivity contribution is 0.0697. The van der Waals surface area contributed by atoms with Crippen molar-refractivity contribution >= 4 is 23.8 Å². The Morgan fingerprint density at radius 2 is 1.56 bits per heavy atom. The van der Waals surface area contributed by atoms with E-state index in [4.69, 9.17) is 19.4 Å². The predicted octanol–water partition coefficient (Wildman–Crippen LogP) is 2.42. The third kappa shape index (κ3) is 7.14. The van der Waals surface area contributed by atoms with E-state index in [1.165, 1.54) is 5.56 Å². The number of likely N-dealkylation sites (N-methyl/N-ethyl adjacent to an activating group) is 1. The summed E-state index contributed by atoms with van der Waals surface area (Å²) in [6.45, 7) is 7.72. The van der Waals surface area contributed by atoms with E-state index in [1.54, 1.807) is 38.5 Å². The highest BCUT2D eigenvalue weighted by Crippen LogP contribution is 2.34. The van der Waals surface area contributed by atoms with E-state index in [0.717, 1.165) is 69.1 Å². The quantitative estimate of drug-likeness (QED) is 0.318. The summed E-state index contributed by atoms with van der Waals surface area (Å²) < 4.78 is 11.0. The van der Waals surface area contributed by atoms with Crippen LogP contribution in [-0.4, -0.2) is 103 Å². The van der Waals surface area contributed by atoms with Gasteiger partial charge in [0.25, 0.3) is 0 Å². The Balaban J connectivity index is 1.32. The van der Waals surface area contributed by atoms with Crippen LogP contribution in [0.15, 0.2) is 36.4 Å². The van der Waals surface area contributed by atoms with Crippen LogP contribution in [0.3, 0.4) is 0 Å². The molecule has 3 aromatic rings. The predicted molar refractivity (Wildman–Crippen MR) is 157 cm³/mol. The summed E-state index contributed by atoms with van der Waals surface area (Å²) in [4.78, 5) is 32.3. The zero-order chi connectivity index (χ0) is 28.8. The minimum absolute atomic E-state index is 0.252. The van der Waals surface area contributed by atoms with Gasteiger partial charge in [0.1, 0.15) is 0 Å². The van der Waals surface area contributed by atoms with E-state index < -0.39 is 5.97 Å². The number of methoxy groups -OCH3 is 2. The Morgan fingerprint density at radius 3 is 2.22 bits per heavy atom. The smallest absolute Gasteiger partial charge is 0.335 e. The van der Waals surface area contributed by atoms with Gasteiger partial charge in [-0.25, -0.2) is 4.79 Å². The molecule has 0 spiro atoms. The minimum atomic E-state index is -0.946. The summed E-state index contributed by atoms with van der Waals surface area (Å²) in [5, 5.41) is 15.9. The number of carboxylic acid groups (broad SMARTS) is 1. The van der Waals surface area contributed by atoms with Crippen molar-refractivity contribution in [2.75, 3.05) is 82.6 Å². The van der Waals surface area contributed by atoms with Gasteiger partial charge in [-0.2, -0.15) is 15.0 Å². The summed E-state index contributed by atoms with van der Waals surface area (Å²) >= 11 is 0. The van der Waals surface area contributed by atoms with Crippen LogP contribution in [0.5, 0.6) is 11.5 Å². The monoisotopic (exact) mass is 562 g/mol. The lowest BCUT2D eigenvalue weighted by Gasteiger charge is -2.32. The second kappa shape index (κ2) is 13.0. The van der Waals surface area contributed by atoms with Gasteiger partial charge < -0.3 is 35.0 Å². The number of anilines is 3. The van der Waals surface area contributed by atoms with Crippen molar-refractivity contribution in [3.8, 4) is 11.5 Å². The van der Waals surface area contributed by atoms with Crippen molar-refractivity contribution in [1.29, 1.82) is 0 Å². The third-order valence-electron chi connectivity index (χ3n) is 7.58. The Labute approximate surface area is 240 Å². The Morgan fingerprint density at radius 1 is 0.902 bits per heavy atom. The summed E-state index contributed by atoms with van der Waals surface area (Å²) in [5.74, 6) is 2.05. The van der Waals surface area contributed by atoms with Crippen molar-refractivity contribution in [2.24, 2.45) is 0 Å². The van der Waals surface area contributed by atoms with E-state index in [2.05, 4.69) is 37.4 Å². The third-order valence-corrected chi connectivity index (χ3v) is 7.58. The van der Waals surface area contributed by atoms with E-state index in [0.29, 0.717) is 36.7 Å². The van der Waals surface area contributed by atoms with Crippen molar-refractivity contribution in [1.82, 2.24) is 24.8 Å². The number of carbonyl (C=O) groups is 1. The van der Waals surface area contributed by atoms with Crippen molar-refractivity contribution in [3.05, 3.63) is 58.7 Å². The summed E-state index contributed by atoms with van der Waals surface area (Å²) in [6.07, 6.45) is 0.826. The number of aromatic carboxylic acids is 1. The number of nitrogens with one attached hydrogen (secondary N) is 2. The molecule has 0 amide bonds. The van der Waals surface area contributed by atoms with Gasteiger partial charge in [0.05, 0.1) is 19.8 Å². The van der Waals surface area contributed by atoms with E-state index in [-0.39, 0.29) is 5.56 Å². The summed E-state index contributed by atoms with van der Waals surface area (Å²) in [5.41, 5.74) is 3.55. The standard InChI is InChI=1S/C29H38N8O4/c1-35-12-14-36(15-13-35)11-9-30-27-32-28(31-18-20-4-6-21(7-5-20)26(38)39)34-29(33-27)37-10-8-22-16-24(40-2)25(41-3)17-23(22)19-37/h4-7,16-17H,8-15,18-19H2,1-3H3,(H,38,39)(H2,30,31,32,33,34). The molecule has 0 aliphatic carbocycles. The zero-order valence-electron chi connectivity index (χ0n) is 23.9. The van der Waals surface area contributed by atoms with E-state index in [9.17, 15) is 9.90 Å². The van der Waals surface area contributed by atoms with Crippen molar-refractivity contribution in [2.45, 2.75) is 19.5 Å². The first-order chi connectivity index (χ1) is 19.9. The number of rotatable bonds is 11. The molecular formula is C29H38N8O4. The highest BCUT2D eigenvalue weighted by Gasteiger charge is 2.23. The van der Waals surface area contributed by atoms with Gasteiger partial charge in [0, 0.05) is 58.9 Å². The van der Waals surface area contributed by atoms with Crippen LogP contribution in [0, 0.1) is 0 Å². The van der Waals surface area contributed by atoms with Crippen molar-refractivity contribution < 1.29 is 19.4 Å². The first-order valence-electron chi connectivity index (χ1n) is 13.9. The maximum absolute atomic E-state index is 11.2. The van der Waals surface area contributed by atoms with E-state index >= 15 is 0 Å². The number of hydrogen-bond donors (Lipinski definition) is 3. The normalized spacial score (nSPS) is 15.7. The number of ether oxygens (including phenoxy) is 2. The molecule has 41 heavy (non-hydrogen) atoms. The molecule has 0 unspecified atom stereocenters. The van der Waals surface area contributed by atoms with Crippen LogP contribution in [0.25, 0.3) is 0 Å². The van der Waals surface area contributed by atoms with Gasteiger partial charge in [-0.1, -0.05) is 12.1 Å². The van der Waals surface area contributed by atoms with Crippen LogP contribution in [0.4, 0.5) is 17.8 Å². The average molecular weight is 563 g/mol. The first-order valence-corrected chi connectivity index (χ1v) is 13.9. The summed E-state index contributed by atoms with van der Waals surface area (Å²) in [6, 6.07) is 10.8. The lowest BCUT2D eigenvalue weighted by atomic mass is 9.99. The lowest BCUT2D eigenvalue weighted by Crippen LogP contribution is -2.45. The molecule has 0 saturated carbocycles. The number of hydrogen-bond acceptors (Lipinski definition) is 11. The molecule has 1 aromatic heterocycles. The molecule has 218 valence electrons.